The number of hydrogen-bond acceptors (Lipinski definition) is 2. The van der Waals surface area contributed by atoms with Crippen molar-refractivity contribution in [2.75, 3.05) is 4.90 Å². The fraction of sp³-hybridized carbons (Fsp3) is 0.0204. The molecule has 0 bridgehead atoms. The van der Waals surface area contributed by atoms with Crippen LogP contribution in [0.3, 0.4) is 0 Å². The molecule has 0 saturated carbocycles. The molecule has 1 spiro atoms. The van der Waals surface area contributed by atoms with Gasteiger partial charge in [-0.1, -0.05) is 146 Å². The van der Waals surface area contributed by atoms with Crippen molar-refractivity contribution < 1.29 is 0 Å². The summed E-state index contributed by atoms with van der Waals surface area (Å²) < 4.78 is 2.63. The number of anilines is 3. The van der Waals surface area contributed by atoms with Crippen LogP contribution in [-0.4, -0.2) is 0 Å². The van der Waals surface area contributed by atoms with Gasteiger partial charge in [0, 0.05) is 37.1 Å². The van der Waals surface area contributed by atoms with E-state index in [0.29, 0.717) is 0 Å². The van der Waals surface area contributed by atoms with Gasteiger partial charge < -0.3 is 4.90 Å². The van der Waals surface area contributed by atoms with Crippen LogP contribution < -0.4 is 4.90 Å². The van der Waals surface area contributed by atoms with Gasteiger partial charge in [-0.2, -0.15) is 0 Å². The van der Waals surface area contributed by atoms with Crippen LogP contribution >= 0.6 is 11.3 Å². The lowest BCUT2D eigenvalue weighted by Gasteiger charge is -2.31. The smallest absolute Gasteiger partial charge is 0.0725 e. The molecule has 2 aliphatic rings. The maximum atomic E-state index is 2.45. The Kier molecular flexibility index (Phi) is 6.11. The predicted octanol–water partition coefficient (Wildman–Crippen LogP) is 13.5. The van der Waals surface area contributed by atoms with E-state index in [0.717, 1.165) is 17.1 Å². The lowest BCUT2D eigenvalue weighted by atomic mass is 9.70. The lowest BCUT2D eigenvalue weighted by Crippen LogP contribution is -2.25. The Morgan fingerprint density at radius 3 is 1.61 bits per heavy atom. The van der Waals surface area contributed by atoms with Gasteiger partial charge in [0.25, 0.3) is 0 Å². The van der Waals surface area contributed by atoms with Crippen molar-refractivity contribution in [2.24, 2.45) is 0 Å². The van der Waals surface area contributed by atoms with Gasteiger partial charge in [-0.05, 0) is 92.5 Å². The molecule has 2 aliphatic carbocycles. The quantitative estimate of drug-likeness (QED) is 0.181. The molecule has 9 aromatic rings. The van der Waals surface area contributed by atoms with Crippen molar-refractivity contribution in [2.45, 2.75) is 5.41 Å². The average Bonchev–Trinajstić information content (AvgIpc) is 3.83. The molecule has 51 heavy (non-hydrogen) atoms. The summed E-state index contributed by atoms with van der Waals surface area (Å²) in [6.45, 7) is 0. The van der Waals surface area contributed by atoms with Crippen LogP contribution in [0.4, 0.5) is 17.1 Å². The molecule has 1 aromatic heterocycles. The van der Waals surface area contributed by atoms with Gasteiger partial charge in [-0.3, -0.25) is 0 Å². The number of fused-ring (bicyclic) bond motifs is 13. The fourth-order valence-corrected chi connectivity index (χ4v) is 10.3. The normalized spacial score (nSPS) is 13.3. The molecular formula is C49H31NS. The van der Waals surface area contributed by atoms with Crippen molar-refractivity contribution in [3.8, 4) is 33.4 Å². The molecule has 11 rings (SSSR count). The average molecular weight is 666 g/mol. The van der Waals surface area contributed by atoms with E-state index >= 15 is 0 Å². The summed E-state index contributed by atoms with van der Waals surface area (Å²) in [5, 5.41) is 2.63. The molecule has 8 aromatic carbocycles. The van der Waals surface area contributed by atoms with E-state index in [-0.39, 0.29) is 5.41 Å². The van der Waals surface area contributed by atoms with Gasteiger partial charge in [0.05, 0.1) is 11.1 Å². The van der Waals surface area contributed by atoms with Crippen molar-refractivity contribution in [3.63, 3.8) is 0 Å². The number of nitrogens with zero attached hydrogens (tertiary/aromatic N) is 1. The Hall–Kier alpha value is -6.22. The largest absolute Gasteiger partial charge is 0.310 e. The molecule has 0 fully saturated rings. The van der Waals surface area contributed by atoms with Crippen LogP contribution in [0, 0.1) is 0 Å². The molecule has 1 nitrogen and oxygen atoms in total. The highest BCUT2D eigenvalue weighted by Crippen LogP contribution is 2.63. The highest BCUT2D eigenvalue weighted by atomic mass is 32.1. The molecule has 0 aliphatic heterocycles. The lowest BCUT2D eigenvalue weighted by molar-refractivity contribution is 0.794. The Bertz CT molecular complexity index is 2780. The van der Waals surface area contributed by atoms with Gasteiger partial charge in [-0.15, -0.1) is 11.3 Å². The minimum absolute atomic E-state index is 0.358. The van der Waals surface area contributed by atoms with Crippen LogP contribution in [0.2, 0.25) is 0 Å². The zero-order valence-electron chi connectivity index (χ0n) is 27.8. The summed E-state index contributed by atoms with van der Waals surface area (Å²) >= 11 is 1.87. The van der Waals surface area contributed by atoms with E-state index in [1.54, 1.807) is 0 Å². The first-order chi connectivity index (χ1) is 25.3. The zero-order valence-corrected chi connectivity index (χ0v) is 28.6. The van der Waals surface area contributed by atoms with Gasteiger partial charge in [0.15, 0.2) is 0 Å². The van der Waals surface area contributed by atoms with Crippen LogP contribution in [0.1, 0.15) is 22.3 Å². The summed E-state index contributed by atoms with van der Waals surface area (Å²) in [7, 11) is 0. The Balaban J connectivity index is 1.17. The van der Waals surface area contributed by atoms with E-state index in [4.69, 9.17) is 0 Å². The van der Waals surface area contributed by atoms with Gasteiger partial charge in [-0.25, -0.2) is 0 Å². The zero-order chi connectivity index (χ0) is 33.5. The predicted molar refractivity (Wildman–Crippen MR) is 216 cm³/mol. The van der Waals surface area contributed by atoms with Gasteiger partial charge in [0.2, 0.25) is 0 Å². The van der Waals surface area contributed by atoms with Gasteiger partial charge >= 0.3 is 0 Å². The molecule has 1 heterocycles. The minimum Gasteiger partial charge on any atom is -0.310 e. The number of benzene rings is 8. The third-order valence-corrected chi connectivity index (χ3v) is 12.2. The van der Waals surface area contributed by atoms with Crippen molar-refractivity contribution in [1.29, 1.82) is 0 Å². The first-order valence-corrected chi connectivity index (χ1v) is 18.4. The Morgan fingerprint density at radius 2 is 0.882 bits per heavy atom. The van der Waals surface area contributed by atoms with Gasteiger partial charge in [0.1, 0.15) is 0 Å². The van der Waals surface area contributed by atoms with Crippen molar-refractivity contribution >= 4 is 48.6 Å². The van der Waals surface area contributed by atoms with Crippen LogP contribution in [0.15, 0.2) is 188 Å². The van der Waals surface area contributed by atoms with E-state index in [1.165, 1.54) is 75.8 Å². The first kappa shape index (κ1) is 28.6. The highest BCUT2D eigenvalue weighted by Gasteiger charge is 2.51. The van der Waals surface area contributed by atoms with Crippen molar-refractivity contribution in [3.05, 3.63) is 210 Å². The summed E-state index contributed by atoms with van der Waals surface area (Å²) in [5.41, 5.74) is 16.2. The van der Waals surface area contributed by atoms with E-state index in [9.17, 15) is 0 Å². The third kappa shape index (κ3) is 3.91. The van der Waals surface area contributed by atoms with Crippen molar-refractivity contribution in [1.82, 2.24) is 0 Å². The Morgan fingerprint density at radius 1 is 0.353 bits per heavy atom. The van der Waals surface area contributed by atoms with Crippen LogP contribution in [-0.2, 0) is 5.41 Å². The molecular weight excluding hydrogens is 635 g/mol. The summed E-state index contributed by atoms with van der Waals surface area (Å²) in [6, 6.07) is 69.6. The maximum absolute atomic E-state index is 2.45. The molecule has 2 heteroatoms. The van der Waals surface area contributed by atoms with Crippen LogP contribution in [0.25, 0.3) is 53.6 Å². The molecule has 0 unspecified atom stereocenters. The maximum Gasteiger partial charge on any atom is 0.0725 e. The van der Waals surface area contributed by atoms with E-state index < -0.39 is 0 Å². The van der Waals surface area contributed by atoms with E-state index in [1.807, 2.05) is 11.3 Å². The summed E-state index contributed by atoms with van der Waals surface area (Å²) in [4.78, 5) is 2.45. The van der Waals surface area contributed by atoms with E-state index in [2.05, 4.69) is 193 Å². The summed E-state index contributed by atoms with van der Waals surface area (Å²) in [6.07, 6.45) is 0. The highest BCUT2D eigenvalue weighted by molar-refractivity contribution is 7.25. The number of thiophene rings is 1. The molecule has 0 amide bonds. The standard InChI is InChI=1S/C49H31NS/c1-2-15-32(16-3-1)50(45-26-12-7-20-37(45)38-22-14-28-47-48(38)39-21-8-13-27-46(39)51-47)33-29-30-44-40(31-33)36-19-6-11-25-43(36)49(44)41-23-9-4-17-34(41)35-18-5-10-24-42(35)49/h1-31H. The monoisotopic (exact) mass is 665 g/mol. The second-order valence-electron chi connectivity index (χ2n) is 13.6. The molecule has 0 N–H and O–H groups in total. The Labute approximate surface area is 301 Å². The summed E-state index contributed by atoms with van der Waals surface area (Å²) in [5.74, 6) is 0. The minimum atomic E-state index is -0.358. The SMILES string of the molecule is c1ccc(N(c2ccc3c(c2)-c2ccccc2C32c3ccccc3-c3ccccc32)c2ccccc2-c2cccc3sc4ccccc4c23)cc1. The van der Waals surface area contributed by atoms with Crippen LogP contribution in [0.5, 0.6) is 0 Å². The fourth-order valence-electron chi connectivity index (χ4n) is 9.13. The topological polar surface area (TPSA) is 3.24 Å². The number of hydrogen-bond donors (Lipinski definition) is 0. The molecule has 0 saturated heterocycles. The molecule has 0 radical (unpaired) electrons. The second-order valence-corrected chi connectivity index (χ2v) is 14.7. The first-order valence-electron chi connectivity index (χ1n) is 17.6. The number of para-hydroxylation sites is 2. The molecule has 238 valence electrons. The number of rotatable bonds is 4. The second kappa shape index (κ2) is 10.9. The third-order valence-electron chi connectivity index (χ3n) is 11.1. The molecule has 0 atom stereocenters.